The van der Waals surface area contributed by atoms with Gasteiger partial charge >= 0.3 is 0 Å². The Hall–Kier alpha value is -2.83. The number of benzene rings is 2. The molecule has 0 radical (unpaired) electrons. The van der Waals surface area contributed by atoms with Crippen LogP contribution in [0, 0.1) is 11.3 Å². The van der Waals surface area contributed by atoms with Gasteiger partial charge in [-0.2, -0.15) is 5.26 Å². The molecular weight excluding hydrogens is 330 g/mol. The van der Waals surface area contributed by atoms with Gasteiger partial charge in [-0.05, 0) is 35.2 Å². The molecule has 3 nitrogen and oxygen atoms in total. The SMILES string of the molecule is CC(C)c1ccc(-c2cc(-c3cccc(Cl)c3)nc(N)c2C#N)cc1. The number of anilines is 1. The summed E-state index contributed by atoms with van der Waals surface area (Å²) in [6.07, 6.45) is 0. The first-order valence-electron chi connectivity index (χ1n) is 8.06. The number of hydrogen-bond donors (Lipinski definition) is 1. The van der Waals surface area contributed by atoms with Crippen LogP contribution in [0.3, 0.4) is 0 Å². The van der Waals surface area contributed by atoms with Gasteiger partial charge in [-0.1, -0.05) is 61.8 Å². The average Bonchev–Trinajstić information content (AvgIpc) is 2.61. The molecule has 0 atom stereocenters. The Morgan fingerprint density at radius 3 is 2.36 bits per heavy atom. The van der Waals surface area contributed by atoms with E-state index in [1.165, 1.54) is 5.56 Å². The number of aromatic nitrogens is 1. The van der Waals surface area contributed by atoms with Gasteiger partial charge in [0, 0.05) is 16.1 Å². The highest BCUT2D eigenvalue weighted by Crippen LogP contribution is 2.32. The molecule has 0 saturated carbocycles. The Morgan fingerprint density at radius 2 is 1.76 bits per heavy atom. The average molecular weight is 348 g/mol. The summed E-state index contributed by atoms with van der Waals surface area (Å²) in [4.78, 5) is 4.38. The third-order valence-corrected chi connectivity index (χ3v) is 4.40. The number of pyridine rings is 1. The van der Waals surface area contributed by atoms with Crippen LogP contribution in [-0.2, 0) is 0 Å². The molecule has 0 aliphatic carbocycles. The second-order valence-electron chi connectivity index (χ2n) is 6.21. The summed E-state index contributed by atoms with van der Waals surface area (Å²) >= 11 is 6.09. The summed E-state index contributed by atoms with van der Waals surface area (Å²) in [5, 5.41) is 10.1. The lowest BCUT2D eigenvalue weighted by atomic mass is 9.95. The van der Waals surface area contributed by atoms with Crippen LogP contribution in [-0.4, -0.2) is 4.98 Å². The molecule has 0 aliphatic heterocycles. The molecule has 0 spiro atoms. The Morgan fingerprint density at radius 1 is 1.04 bits per heavy atom. The minimum atomic E-state index is 0.225. The van der Waals surface area contributed by atoms with E-state index in [9.17, 15) is 5.26 Å². The Balaban J connectivity index is 2.16. The van der Waals surface area contributed by atoms with E-state index in [0.717, 1.165) is 16.7 Å². The Kier molecular flexibility index (Phi) is 4.74. The lowest BCUT2D eigenvalue weighted by Gasteiger charge is -2.12. The molecule has 4 heteroatoms. The van der Waals surface area contributed by atoms with Crippen molar-refractivity contribution in [2.45, 2.75) is 19.8 Å². The van der Waals surface area contributed by atoms with Crippen molar-refractivity contribution in [1.82, 2.24) is 4.98 Å². The largest absolute Gasteiger partial charge is 0.383 e. The molecule has 2 aromatic carbocycles. The molecule has 3 aromatic rings. The molecule has 0 saturated heterocycles. The highest BCUT2D eigenvalue weighted by atomic mass is 35.5. The topological polar surface area (TPSA) is 62.7 Å². The number of hydrogen-bond acceptors (Lipinski definition) is 3. The zero-order valence-corrected chi connectivity index (χ0v) is 14.9. The van der Waals surface area contributed by atoms with Gasteiger partial charge in [0.2, 0.25) is 0 Å². The van der Waals surface area contributed by atoms with E-state index in [1.807, 2.05) is 42.5 Å². The van der Waals surface area contributed by atoms with Crippen LogP contribution >= 0.6 is 11.6 Å². The maximum atomic E-state index is 9.52. The number of nitrogens with two attached hydrogens (primary N) is 1. The number of halogens is 1. The van der Waals surface area contributed by atoms with Gasteiger partial charge < -0.3 is 5.73 Å². The fraction of sp³-hybridized carbons (Fsp3) is 0.143. The first-order valence-corrected chi connectivity index (χ1v) is 8.44. The maximum absolute atomic E-state index is 9.52. The van der Waals surface area contributed by atoms with Crippen LogP contribution in [0.1, 0.15) is 30.9 Å². The molecule has 0 fully saturated rings. The van der Waals surface area contributed by atoms with Gasteiger partial charge in [0.05, 0.1) is 5.69 Å². The predicted molar refractivity (Wildman–Crippen MR) is 103 cm³/mol. The molecule has 0 bridgehead atoms. The van der Waals surface area contributed by atoms with E-state index in [1.54, 1.807) is 0 Å². The molecule has 0 aliphatic rings. The fourth-order valence-corrected chi connectivity index (χ4v) is 2.94. The molecule has 0 amide bonds. The van der Waals surface area contributed by atoms with Crippen LogP contribution in [0.2, 0.25) is 5.02 Å². The van der Waals surface area contributed by atoms with E-state index in [2.05, 4.69) is 37.0 Å². The van der Waals surface area contributed by atoms with Crippen LogP contribution in [0.15, 0.2) is 54.6 Å². The summed E-state index contributed by atoms with van der Waals surface area (Å²) in [6.45, 7) is 4.30. The zero-order valence-electron chi connectivity index (χ0n) is 14.1. The van der Waals surface area contributed by atoms with Crippen LogP contribution < -0.4 is 5.73 Å². The van der Waals surface area contributed by atoms with E-state index in [4.69, 9.17) is 17.3 Å². The minimum absolute atomic E-state index is 0.225. The van der Waals surface area contributed by atoms with Crippen molar-refractivity contribution in [2.75, 3.05) is 5.73 Å². The third kappa shape index (κ3) is 3.50. The van der Waals surface area contributed by atoms with Crippen LogP contribution in [0.25, 0.3) is 22.4 Å². The quantitative estimate of drug-likeness (QED) is 0.666. The highest BCUT2D eigenvalue weighted by Gasteiger charge is 2.14. The van der Waals surface area contributed by atoms with Crippen molar-refractivity contribution >= 4 is 17.4 Å². The van der Waals surface area contributed by atoms with E-state index < -0.39 is 0 Å². The number of rotatable bonds is 3. The summed E-state index contributed by atoms with van der Waals surface area (Å²) in [6, 6.07) is 19.7. The molecule has 1 aromatic heterocycles. The second-order valence-corrected chi connectivity index (χ2v) is 6.65. The molecule has 124 valence electrons. The second kappa shape index (κ2) is 6.96. The van der Waals surface area contributed by atoms with E-state index in [-0.39, 0.29) is 5.82 Å². The van der Waals surface area contributed by atoms with Crippen molar-refractivity contribution in [1.29, 1.82) is 5.26 Å². The lowest BCUT2D eigenvalue weighted by molar-refractivity contribution is 0.867. The zero-order chi connectivity index (χ0) is 18.0. The summed E-state index contributed by atoms with van der Waals surface area (Å²) in [5.41, 5.74) is 11.0. The lowest BCUT2D eigenvalue weighted by Crippen LogP contribution is -2.00. The Bertz CT molecular complexity index is 954. The van der Waals surface area contributed by atoms with Crippen molar-refractivity contribution in [3.8, 4) is 28.5 Å². The van der Waals surface area contributed by atoms with Crippen LogP contribution in [0.4, 0.5) is 5.82 Å². The smallest absolute Gasteiger partial charge is 0.142 e. The molecule has 0 unspecified atom stereocenters. The van der Waals surface area contributed by atoms with Gasteiger partial charge in [0.25, 0.3) is 0 Å². The summed E-state index contributed by atoms with van der Waals surface area (Å²) in [5.74, 6) is 0.678. The molecule has 25 heavy (non-hydrogen) atoms. The molecule has 1 heterocycles. The number of nitriles is 1. The van der Waals surface area contributed by atoms with Gasteiger partial charge in [-0.25, -0.2) is 4.98 Å². The highest BCUT2D eigenvalue weighted by molar-refractivity contribution is 6.30. The monoisotopic (exact) mass is 347 g/mol. The number of nitrogens with zero attached hydrogens (tertiary/aromatic N) is 2. The van der Waals surface area contributed by atoms with Gasteiger partial charge in [-0.3, -0.25) is 0 Å². The fourth-order valence-electron chi connectivity index (χ4n) is 2.75. The standard InChI is InChI=1S/C21H18ClN3/c1-13(2)14-6-8-15(9-7-14)18-11-20(25-21(24)19(18)12-23)16-4-3-5-17(22)10-16/h3-11,13H,1-2H3,(H2,24,25). The first kappa shape index (κ1) is 17.0. The predicted octanol–water partition coefficient (Wildman–Crippen LogP) is 5.65. The van der Waals surface area contributed by atoms with Gasteiger partial charge in [0.1, 0.15) is 17.5 Å². The van der Waals surface area contributed by atoms with Crippen molar-refractivity contribution in [3.05, 3.63) is 70.7 Å². The van der Waals surface area contributed by atoms with Gasteiger partial charge in [-0.15, -0.1) is 0 Å². The van der Waals surface area contributed by atoms with Crippen LogP contribution in [0.5, 0.6) is 0 Å². The van der Waals surface area contributed by atoms with Crippen molar-refractivity contribution in [3.63, 3.8) is 0 Å². The Labute approximate surface area is 152 Å². The van der Waals surface area contributed by atoms with Crippen molar-refractivity contribution in [2.24, 2.45) is 0 Å². The maximum Gasteiger partial charge on any atom is 0.142 e. The first-order chi connectivity index (χ1) is 12.0. The normalized spacial score (nSPS) is 10.7. The third-order valence-electron chi connectivity index (χ3n) is 4.17. The molecule has 3 rings (SSSR count). The van der Waals surface area contributed by atoms with E-state index >= 15 is 0 Å². The summed E-state index contributed by atoms with van der Waals surface area (Å²) < 4.78 is 0. The molecule has 2 N–H and O–H groups in total. The molecular formula is C21H18ClN3. The van der Waals surface area contributed by atoms with Gasteiger partial charge in [0.15, 0.2) is 0 Å². The van der Waals surface area contributed by atoms with Crippen molar-refractivity contribution < 1.29 is 0 Å². The summed E-state index contributed by atoms with van der Waals surface area (Å²) in [7, 11) is 0. The minimum Gasteiger partial charge on any atom is -0.383 e. The number of nitrogen functional groups attached to an aromatic ring is 1. The van der Waals surface area contributed by atoms with E-state index in [0.29, 0.717) is 22.2 Å².